The average Bonchev–Trinajstić information content (AvgIpc) is 3.41. The van der Waals surface area contributed by atoms with Gasteiger partial charge in [0, 0.05) is 24.7 Å². The minimum absolute atomic E-state index is 0.0506. The number of carbonyl (C=O) groups excluding carboxylic acids is 2. The summed E-state index contributed by atoms with van der Waals surface area (Å²) in [6.45, 7) is 5.10. The normalized spacial score (nSPS) is 25.3. The van der Waals surface area contributed by atoms with Gasteiger partial charge in [-0.25, -0.2) is 0 Å². The Hall–Kier alpha value is -3.02. The second kappa shape index (κ2) is 8.73. The van der Waals surface area contributed by atoms with Crippen molar-refractivity contribution in [3.63, 3.8) is 0 Å². The summed E-state index contributed by atoms with van der Waals surface area (Å²) in [5, 5.41) is 3.33. The van der Waals surface area contributed by atoms with Gasteiger partial charge in [-0.05, 0) is 44.1 Å². The smallest absolute Gasteiger partial charge is 0.271 e. The van der Waals surface area contributed by atoms with Crippen LogP contribution < -0.4 is 5.32 Å². The molecule has 0 bridgehead atoms. The maximum atomic E-state index is 13.8. The summed E-state index contributed by atoms with van der Waals surface area (Å²) in [7, 11) is 0. The molecule has 5 rings (SSSR count). The minimum atomic E-state index is -0.957. The second-order valence-corrected chi connectivity index (χ2v) is 9.95. The van der Waals surface area contributed by atoms with Gasteiger partial charge in [0.15, 0.2) is 5.58 Å². The Bertz CT molecular complexity index is 1150. The van der Waals surface area contributed by atoms with Crippen LogP contribution in [-0.2, 0) is 17.8 Å². The first-order valence-electron chi connectivity index (χ1n) is 12.2. The molecule has 6 heteroatoms. The third kappa shape index (κ3) is 3.96. The first-order chi connectivity index (χ1) is 16.0. The molecule has 1 aliphatic carbocycles. The molecule has 174 valence electrons. The van der Waals surface area contributed by atoms with Crippen molar-refractivity contribution in [3.05, 3.63) is 60.0 Å². The minimum Gasteiger partial charge on any atom is -0.463 e. The van der Waals surface area contributed by atoms with E-state index in [4.69, 9.17) is 4.42 Å². The van der Waals surface area contributed by atoms with Crippen LogP contribution in [0, 0.1) is 5.92 Å². The lowest BCUT2D eigenvalue weighted by Crippen LogP contribution is -2.65. The lowest BCUT2D eigenvalue weighted by atomic mass is 9.85. The van der Waals surface area contributed by atoms with Gasteiger partial charge in [0.2, 0.25) is 5.91 Å². The summed E-state index contributed by atoms with van der Waals surface area (Å²) >= 11 is 0. The van der Waals surface area contributed by atoms with Crippen molar-refractivity contribution in [2.45, 2.75) is 70.5 Å². The summed E-state index contributed by atoms with van der Waals surface area (Å²) < 4.78 is 7.52. The van der Waals surface area contributed by atoms with E-state index in [0.717, 1.165) is 37.6 Å². The molecule has 2 amide bonds. The molecular formula is C27H33N3O3. The van der Waals surface area contributed by atoms with E-state index < -0.39 is 5.54 Å². The highest BCUT2D eigenvalue weighted by Crippen LogP contribution is 2.34. The SMILES string of the molecule is C[C@@H]1CCCC[C@H]1NC(=O)[C@]1(C)Cn2c(cc3occc32)C(=O)N1CCCc1ccccc1. The molecule has 1 aliphatic heterocycles. The van der Waals surface area contributed by atoms with Crippen LogP contribution in [0.5, 0.6) is 0 Å². The monoisotopic (exact) mass is 447 g/mol. The third-order valence-corrected chi connectivity index (χ3v) is 7.66. The number of carbonyl (C=O) groups is 2. The highest BCUT2D eigenvalue weighted by atomic mass is 16.3. The molecule has 33 heavy (non-hydrogen) atoms. The molecule has 3 atom stereocenters. The average molecular weight is 448 g/mol. The summed E-state index contributed by atoms with van der Waals surface area (Å²) in [5.41, 5.74) is 2.44. The molecule has 3 heterocycles. The number of rotatable bonds is 6. The lowest BCUT2D eigenvalue weighted by Gasteiger charge is -2.45. The zero-order chi connectivity index (χ0) is 23.0. The number of nitrogens with one attached hydrogen (secondary N) is 1. The van der Waals surface area contributed by atoms with Crippen LogP contribution in [0.25, 0.3) is 11.1 Å². The Morgan fingerprint density at radius 2 is 1.97 bits per heavy atom. The largest absolute Gasteiger partial charge is 0.463 e. The van der Waals surface area contributed by atoms with Crippen molar-refractivity contribution in [2.75, 3.05) is 6.54 Å². The number of benzene rings is 1. The predicted octanol–water partition coefficient (Wildman–Crippen LogP) is 4.78. The fraction of sp³-hybridized carbons (Fsp3) is 0.481. The van der Waals surface area contributed by atoms with Crippen molar-refractivity contribution in [1.29, 1.82) is 0 Å². The molecule has 3 aromatic rings. The van der Waals surface area contributed by atoms with Crippen molar-refractivity contribution >= 4 is 22.9 Å². The van der Waals surface area contributed by atoms with Crippen molar-refractivity contribution < 1.29 is 14.0 Å². The highest BCUT2D eigenvalue weighted by molar-refractivity contribution is 6.02. The molecule has 2 aromatic heterocycles. The lowest BCUT2D eigenvalue weighted by molar-refractivity contribution is -0.134. The van der Waals surface area contributed by atoms with Crippen LogP contribution in [0.1, 0.15) is 62.0 Å². The number of hydrogen-bond acceptors (Lipinski definition) is 3. The van der Waals surface area contributed by atoms with E-state index in [1.807, 2.05) is 41.8 Å². The third-order valence-electron chi connectivity index (χ3n) is 7.66. The second-order valence-electron chi connectivity index (χ2n) is 9.95. The van der Waals surface area contributed by atoms with Crippen LogP contribution in [0.15, 0.2) is 53.1 Å². The van der Waals surface area contributed by atoms with E-state index in [0.29, 0.717) is 30.3 Å². The van der Waals surface area contributed by atoms with E-state index in [1.165, 1.54) is 12.0 Å². The number of aromatic nitrogens is 1. The summed E-state index contributed by atoms with van der Waals surface area (Å²) in [4.78, 5) is 29.3. The van der Waals surface area contributed by atoms with Crippen LogP contribution in [-0.4, -0.2) is 39.4 Å². The Morgan fingerprint density at radius 3 is 2.76 bits per heavy atom. The number of hydrogen-bond donors (Lipinski definition) is 1. The van der Waals surface area contributed by atoms with Gasteiger partial charge in [-0.1, -0.05) is 50.1 Å². The molecule has 0 saturated heterocycles. The number of aryl methyl sites for hydroxylation is 1. The predicted molar refractivity (Wildman–Crippen MR) is 128 cm³/mol. The van der Waals surface area contributed by atoms with E-state index in [9.17, 15) is 9.59 Å². The fourth-order valence-electron chi connectivity index (χ4n) is 5.56. The number of fused-ring (bicyclic) bond motifs is 3. The summed E-state index contributed by atoms with van der Waals surface area (Å²) in [6, 6.07) is 14.1. The zero-order valence-corrected chi connectivity index (χ0v) is 19.5. The molecule has 0 unspecified atom stereocenters. The van der Waals surface area contributed by atoms with E-state index in [2.05, 4.69) is 24.4 Å². The summed E-state index contributed by atoms with van der Waals surface area (Å²) in [5.74, 6) is 0.306. The zero-order valence-electron chi connectivity index (χ0n) is 19.5. The number of amides is 2. The van der Waals surface area contributed by atoms with Gasteiger partial charge in [0.1, 0.15) is 11.2 Å². The van der Waals surface area contributed by atoms with Gasteiger partial charge in [-0.2, -0.15) is 0 Å². The highest BCUT2D eigenvalue weighted by Gasteiger charge is 2.48. The molecule has 1 N–H and O–H groups in total. The van der Waals surface area contributed by atoms with Gasteiger partial charge in [0.25, 0.3) is 5.91 Å². The Kier molecular flexibility index (Phi) is 5.77. The van der Waals surface area contributed by atoms with Gasteiger partial charge < -0.3 is 19.2 Å². The summed E-state index contributed by atoms with van der Waals surface area (Å²) in [6.07, 6.45) is 7.81. The van der Waals surface area contributed by atoms with Crippen LogP contribution in [0.3, 0.4) is 0 Å². The Labute approximate surface area is 194 Å². The van der Waals surface area contributed by atoms with Crippen LogP contribution in [0.4, 0.5) is 0 Å². The van der Waals surface area contributed by atoms with Crippen molar-refractivity contribution in [3.8, 4) is 0 Å². The molecule has 1 fully saturated rings. The van der Waals surface area contributed by atoms with Crippen molar-refractivity contribution in [1.82, 2.24) is 14.8 Å². The van der Waals surface area contributed by atoms with Crippen LogP contribution in [0.2, 0.25) is 0 Å². The van der Waals surface area contributed by atoms with Gasteiger partial charge >= 0.3 is 0 Å². The molecule has 2 aliphatic rings. The standard InChI is InChI=1S/C27H33N3O3/c1-19-9-6-7-13-21(19)28-26(32)27(2)18-29-22-14-16-33-24(22)17-23(29)25(31)30(27)15-8-12-20-10-4-3-5-11-20/h3-5,10-11,14,16-17,19,21H,6-9,12-13,15,18H2,1-2H3,(H,28,32)/t19-,21-,27+/m1/s1. The molecule has 1 aromatic carbocycles. The molecule has 1 saturated carbocycles. The quantitative estimate of drug-likeness (QED) is 0.592. The molecule has 0 spiro atoms. The van der Waals surface area contributed by atoms with Crippen molar-refractivity contribution in [2.24, 2.45) is 5.92 Å². The van der Waals surface area contributed by atoms with E-state index >= 15 is 0 Å². The van der Waals surface area contributed by atoms with Gasteiger partial charge in [-0.3, -0.25) is 9.59 Å². The fourth-order valence-corrected chi connectivity index (χ4v) is 5.56. The molecular weight excluding hydrogens is 414 g/mol. The maximum Gasteiger partial charge on any atom is 0.271 e. The maximum absolute atomic E-state index is 13.8. The Morgan fingerprint density at radius 1 is 1.18 bits per heavy atom. The number of furan rings is 1. The Balaban J connectivity index is 1.43. The van der Waals surface area contributed by atoms with Gasteiger partial charge in [0.05, 0.1) is 18.3 Å². The van der Waals surface area contributed by atoms with E-state index in [1.54, 1.807) is 11.2 Å². The molecule has 0 radical (unpaired) electrons. The van der Waals surface area contributed by atoms with E-state index in [-0.39, 0.29) is 17.9 Å². The van der Waals surface area contributed by atoms with Gasteiger partial charge in [-0.15, -0.1) is 0 Å². The van der Waals surface area contributed by atoms with Crippen LogP contribution >= 0.6 is 0 Å². The first kappa shape index (κ1) is 21.8. The molecule has 6 nitrogen and oxygen atoms in total. The number of nitrogens with zero attached hydrogens (tertiary/aromatic N) is 2. The first-order valence-corrected chi connectivity index (χ1v) is 12.2. The topological polar surface area (TPSA) is 67.5 Å².